The first-order chi connectivity index (χ1) is 10.5. The van der Waals surface area contributed by atoms with Crippen molar-refractivity contribution >= 4 is 23.5 Å². The summed E-state index contributed by atoms with van der Waals surface area (Å²) in [7, 11) is 0. The molecule has 22 heavy (non-hydrogen) atoms. The molecule has 2 heterocycles. The van der Waals surface area contributed by atoms with Crippen LogP contribution < -0.4 is 16.3 Å². The van der Waals surface area contributed by atoms with Gasteiger partial charge in [-0.1, -0.05) is 0 Å². The summed E-state index contributed by atoms with van der Waals surface area (Å²) >= 11 is 0. The zero-order valence-corrected chi connectivity index (χ0v) is 11.8. The normalized spacial score (nSPS) is 22.1. The van der Waals surface area contributed by atoms with E-state index < -0.39 is 23.5 Å². The maximum atomic E-state index is 11.9. The number of nitrogens with zero attached hydrogens (tertiary/aromatic N) is 2. The lowest BCUT2D eigenvalue weighted by Crippen LogP contribution is -2.29. The van der Waals surface area contributed by atoms with Crippen molar-refractivity contribution in [3.05, 3.63) is 20.8 Å². The van der Waals surface area contributed by atoms with Crippen molar-refractivity contribution in [2.45, 2.75) is 25.6 Å². The second-order valence-electron chi connectivity index (χ2n) is 4.76. The lowest BCUT2D eigenvalue weighted by atomic mass is 10.1. The predicted molar refractivity (Wildman–Crippen MR) is 76.4 cm³/mol. The fourth-order valence-electron chi connectivity index (χ4n) is 2.04. The minimum Gasteiger partial charge on any atom is -0.396 e. The first-order valence-electron chi connectivity index (χ1n) is 6.56. The first-order valence-corrected chi connectivity index (χ1v) is 6.56. The van der Waals surface area contributed by atoms with Crippen LogP contribution in [-0.2, 0) is 9.63 Å². The first kappa shape index (κ1) is 16.1. The van der Waals surface area contributed by atoms with E-state index in [1.165, 1.54) is 6.92 Å². The van der Waals surface area contributed by atoms with Gasteiger partial charge in [0.15, 0.2) is 17.8 Å². The van der Waals surface area contributed by atoms with Gasteiger partial charge in [-0.15, -0.1) is 0 Å². The molecule has 0 unspecified atom stereocenters. The molecule has 0 bridgehead atoms. The van der Waals surface area contributed by atoms with E-state index >= 15 is 0 Å². The van der Waals surface area contributed by atoms with Crippen LogP contribution in [0.25, 0.3) is 0 Å². The van der Waals surface area contributed by atoms with Gasteiger partial charge in [0, 0.05) is 13.0 Å². The molecule has 1 aromatic heterocycles. The zero-order chi connectivity index (χ0) is 16.3. The van der Waals surface area contributed by atoms with Crippen LogP contribution in [0.15, 0.2) is 14.6 Å². The molecule has 0 amide bonds. The molecule has 0 aromatic carbocycles. The Bertz CT molecular complexity index is 694. The number of anilines is 1. The van der Waals surface area contributed by atoms with Crippen LogP contribution >= 0.6 is 0 Å². The van der Waals surface area contributed by atoms with Crippen LogP contribution in [0.2, 0.25) is 0 Å². The summed E-state index contributed by atoms with van der Waals surface area (Å²) < 4.78 is 0. The monoisotopic (exact) mass is 312 g/mol. The predicted octanol–water partition coefficient (Wildman–Crippen LogP) is -1.78. The number of aldehydes is 1. The van der Waals surface area contributed by atoms with Gasteiger partial charge in [-0.05, 0) is 6.92 Å². The Kier molecular flexibility index (Phi) is 4.85. The average molecular weight is 312 g/mol. The van der Waals surface area contributed by atoms with E-state index in [0.717, 1.165) is 5.06 Å². The van der Waals surface area contributed by atoms with E-state index in [-0.39, 0.29) is 36.8 Å². The van der Waals surface area contributed by atoms with Crippen molar-refractivity contribution in [2.24, 2.45) is 4.99 Å². The maximum Gasteiger partial charge on any atom is 0.327 e. The number of β-amino-alcohol motifs (C(OH)–C–C–N with tert-alkyl or cyclic N) is 1. The Labute approximate surface area is 124 Å². The van der Waals surface area contributed by atoms with Gasteiger partial charge in [0.05, 0.1) is 12.3 Å². The highest BCUT2D eigenvalue weighted by Crippen LogP contribution is 2.27. The third-order valence-corrected chi connectivity index (χ3v) is 3.06. The highest BCUT2D eigenvalue weighted by Gasteiger charge is 2.34. The van der Waals surface area contributed by atoms with Crippen LogP contribution in [0.5, 0.6) is 0 Å². The number of aliphatic hydroxyl groups excluding tert-OH is 2. The second kappa shape index (κ2) is 6.64. The topological polar surface area (TPSA) is 148 Å². The number of hydroxylamine groups is 1. The zero-order valence-electron chi connectivity index (χ0n) is 11.8. The summed E-state index contributed by atoms with van der Waals surface area (Å²) in [4.78, 5) is 47.6. The summed E-state index contributed by atoms with van der Waals surface area (Å²) in [5.41, 5.74) is -1.73. The van der Waals surface area contributed by atoms with Crippen LogP contribution in [-0.4, -0.2) is 57.5 Å². The van der Waals surface area contributed by atoms with Gasteiger partial charge in [-0.3, -0.25) is 24.4 Å². The van der Waals surface area contributed by atoms with Crippen molar-refractivity contribution in [1.82, 2.24) is 9.97 Å². The van der Waals surface area contributed by atoms with E-state index in [4.69, 9.17) is 9.94 Å². The van der Waals surface area contributed by atoms with Crippen LogP contribution in [0.1, 0.15) is 13.3 Å². The molecule has 0 radical (unpaired) electrons. The molecule has 2 atom stereocenters. The van der Waals surface area contributed by atoms with Gasteiger partial charge in [0.25, 0.3) is 5.56 Å². The summed E-state index contributed by atoms with van der Waals surface area (Å²) in [5.74, 6) is -0.0607. The Morgan fingerprint density at radius 2 is 2.23 bits per heavy atom. The number of aliphatic imine (C=N–C) groups is 1. The number of nitrogens with one attached hydrogen (secondary N) is 2. The van der Waals surface area contributed by atoms with Crippen molar-refractivity contribution in [2.75, 3.05) is 18.2 Å². The van der Waals surface area contributed by atoms with Crippen LogP contribution in [0.4, 0.5) is 11.5 Å². The molecule has 10 nitrogen and oxygen atoms in total. The summed E-state index contributed by atoms with van der Waals surface area (Å²) in [6, 6.07) is 0. The maximum absolute atomic E-state index is 11.9. The Hall–Kier alpha value is -2.30. The molecular weight excluding hydrogens is 296 g/mol. The van der Waals surface area contributed by atoms with Crippen molar-refractivity contribution < 1.29 is 19.8 Å². The van der Waals surface area contributed by atoms with E-state index in [0.29, 0.717) is 6.29 Å². The van der Waals surface area contributed by atoms with Gasteiger partial charge in [-0.2, -0.15) is 0 Å². The van der Waals surface area contributed by atoms with Crippen LogP contribution in [0.3, 0.4) is 0 Å². The number of hydrogen-bond donors (Lipinski definition) is 4. The fraction of sp³-hybridized carbons (Fsp3) is 0.500. The smallest absolute Gasteiger partial charge is 0.327 e. The highest BCUT2D eigenvalue weighted by atomic mass is 16.7. The number of aromatic nitrogens is 2. The molecule has 10 heteroatoms. The third kappa shape index (κ3) is 3.30. The van der Waals surface area contributed by atoms with E-state index in [1.807, 2.05) is 4.98 Å². The van der Waals surface area contributed by atoms with Crippen LogP contribution in [0, 0.1) is 0 Å². The molecule has 1 saturated heterocycles. The minimum atomic E-state index is -0.904. The molecule has 2 rings (SSSR count). The number of carbonyl (C=O) groups excluding carboxylic acids is 1. The van der Waals surface area contributed by atoms with Gasteiger partial charge < -0.3 is 10.2 Å². The van der Waals surface area contributed by atoms with Gasteiger partial charge in [0.2, 0.25) is 0 Å². The number of aliphatic hydroxyl groups is 2. The molecule has 4 N–H and O–H groups in total. The van der Waals surface area contributed by atoms with Crippen molar-refractivity contribution in [1.29, 1.82) is 0 Å². The summed E-state index contributed by atoms with van der Waals surface area (Å²) in [5, 5.41) is 19.9. The van der Waals surface area contributed by atoms with Gasteiger partial charge in [-0.25, -0.2) is 14.9 Å². The van der Waals surface area contributed by atoms with E-state index in [9.17, 15) is 19.5 Å². The number of carbonyl (C=O) groups is 1. The third-order valence-electron chi connectivity index (χ3n) is 3.06. The SMILES string of the molecule is C/C(C=O)=N\c1c(N2C[C@H](O)[C@@H](CCO)O2)[nH]c(=O)[nH]c1=O. The molecule has 1 fully saturated rings. The Morgan fingerprint density at radius 1 is 1.50 bits per heavy atom. The number of rotatable bonds is 5. The standard InChI is InChI=1S/C12H16N4O6/c1-6(5-18)13-9-10(14-12(21)15-11(9)20)16-4-7(19)8(22-16)2-3-17/h5,7-8,17,19H,2-4H2,1H3,(H2,14,15,20,21)/b13-6+/t7-,8+/m0/s1. The van der Waals surface area contributed by atoms with Crippen molar-refractivity contribution in [3.8, 4) is 0 Å². The molecule has 1 aliphatic rings. The highest BCUT2D eigenvalue weighted by molar-refractivity contribution is 6.27. The summed E-state index contributed by atoms with van der Waals surface area (Å²) in [6.45, 7) is 1.19. The number of hydrogen-bond acceptors (Lipinski definition) is 8. The molecule has 120 valence electrons. The van der Waals surface area contributed by atoms with Gasteiger partial charge in [0.1, 0.15) is 12.2 Å². The molecule has 0 saturated carbocycles. The minimum absolute atomic E-state index is 0.0211. The van der Waals surface area contributed by atoms with E-state index in [2.05, 4.69) is 9.98 Å². The Balaban J connectivity index is 2.45. The largest absolute Gasteiger partial charge is 0.396 e. The molecule has 0 aliphatic carbocycles. The van der Waals surface area contributed by atoms with Crippen molar-refractivity contribution in [3.63, 3.8) is 0 Å². The lowest BCUT2D eigenvalue weighted by molar-refractivity contribution is -0.102. The van der Waals surface area contributed by atoms with Gasteiger partial charge >= 0.3 is 5.69 Å². The number of H-pyrrole nitrogens is 2. The average Bonchev–Trinajstić information content (AvgIpc) is 2.83. The molecule has 0 spiro atoms. The lowest BCUT2D eigenvalue weighted by Gasteiger charge is -2.18. The molecule has 1 aromatic rings. The molecule has 1 aliphatic heterocycles. The quantitative estimate of drug-likeness (QED) is 0.371. The van der Waals surface area contributed by atoms with E-state index in [1.54, 1.807) is 0 Å². The summed E-state index contributed by atoms with van der Waals surface area (Å²) in [6.07, 6.45) is -0.921. The number of aromatic amines is 2. The second-order valence-corrected chi connectivity index (χ2v) is 4.76. The molecular formula is C12H16N4O6. The fourth-order valence-corrected chi connectivity index (χ4v) is 2.04. The Morgan fingerprint density at radius 3 is 2.86 bits per heavy atom.